The Bertz CT molecular complexity index is 1440. The number of nitrogens with zero attached hydrogens (tertiary/aromatic N) is 3. The lowest BCUT2D eigenvalue weighted by atomic mass is 10.0. The number of carbonyl (C=O) groups is 1. The number of carbonyl (C=O) groups excluding carboxylic acids is 1. The van der Waals surface area contributed by atoms with Crippen molar-refractivity contribution in [3.05, 3.63) is 79.6 Å². The number of methoxy groups -OCH3 is 2. The van der Waals surface area contributed by atoms with Gasteiger partial charge in [-0.05, 0) is 35.4 Å². The van der Waals surface area contributed by atoms with Gasteiger partial charge in [0, 0.05) is 24.4 Å². The van der Waals surface area contributed by atoms with Gasteiger partial charge in [0.05, 0.1) is 32.0 Å². The highest BCUT2D eigenvalue weighted by molar-refractivity contribution is 5.94. The van der Waals surface area contributed by atoms with Crippen LogP contribution in [0.2, 0.25) is 0 Å². The molecule has 37 heavy (non-hydrogen) atoms. The summed E-state index contributed by atoms with van der Waals surface area (Å²) in [4.78, 5) is 22.7. The van der Waals surface area contributed by atoms with Gasteiger partial charge in [-0.25, -0.2) is 9.97 Å². The molecule has 0 saturated carbocycles. The van der Waals surface area contributed by atoms with E-state index in [0.717, 1.165) is 28.6 Å². The van der Waals surface area contributed by atoms with Gasteiger partial charge in [0.25, 0.3) is 0 Å². The average molecular weight is 497 g/mol. The third kappa shape index (κ3) is 5.04. The fourth-order valence-electron chi connectivity index (χ4n) is 4.49. The van der Waals surface area contributed by atoms with E-state index in [-0.39, 0.29) is 12.0 Å². The largest absolute Gasteiger partial charge is 0.495 e. The van der Waals surface area contributed by atoms with Crippen molar-refractivity contribution in [2.24, 2.45) is 0 Å². The van der Waals surface area contributed by atoms with Crippen LogP contribution in [0.5, 0.6) is 17.2 Å². The van der Waals surface area contributed by atoms with Gasteiger partial charge in [0.2, 0.25) is 5.91 Å². The lowest BCUT2D eigenvalue weighted by Gasteiger charge is -2.19. The van der Waals surface area contributed by atoms with E-state index in [4.69, 9.17) is 14.2 Å². The topological polar surface area (TPSA) is 85.8 Å². The minimum Gasteiger partial charge on any atom is -0.495 e. The Balaban J connectivity index is 1.49. The zero-order valence-electron chi connectivity index (χ0n) is 20.8. The Morgan fingerprint density at radius 1 is 1.00 bits per heavy atom. The number of anilines is 2. The molecule has 1 aliphatic rings. The first kappa shape index (κ1) is 24.1. The van der Waals surface area contributed by atoms with E-state index < -0.39 is 0 Å². The second-order valence-corrected chi connectivity index (χ2v) is 8.67. The standard InChI is InChI=1S/C29H28N4O4/c1-4-28(34)33-13-12-21(17-33)37-27-15-22-23(16-26(27)36-3)30-18-31-29(22)32-24-14-20(10-11-25(24)35-2)19-8-6-5-7-9-19/h4-11,14-16,18,21H,1,12-13,17H2,2-3H3,(H,30,31,32). The molecule has 8 heteroatoms. The van der Waals surface area contributed by atoms with Gasteiger partial charge in [0.15, 0.2) is 11.5 Å². The van der Waals surface area contributed by atoms with E-state index in [1.54, 1.807) is 19.1 Å². The first-order chi connectivity index (χ1) is 18.1. The minimum absolute atomic E-state index is 0.0943. The quantitative estimate of drug-likeness (QED) is 0.335. The highest BCUT2D eigenvalue weighted by Gasteiger charge is 2.27. The van der Waals surface area contributed by atoms with Crippen molar-refractivity contribution in [2.45, 2.75) is 12.5 Å². The van der Waals surface area contributed by atoms with Crippen molar-refractivity contribution >= 4 is 28.3 Å². The van der Waals surface area contributed by atoms with E-state index in [0.29, 0.717) is 41.7 Å². The summed E-state index contributed by atoms with van der Waals surface area (Å²) in [5.74, 6) is 2.33. The molecule has 1 saturated heterocycles. The second-order valence-electron chi connectivity index (χ2n) is 8.67. The van der Waals surface area contributed by atoms with Crippen LogP contribution in [0.15, 0.2) is 79.6 Å². The van der Waals surface area contributed by atoms with Crippen molar-refractivity contribution in [3.8, 4) is 28.4 Å². The lowest BCUT2D eigenvalue weighted by molar-refractivity contribution is -0.125. The van der Waals surface area contributed by atoms with Crippen LogP contribution in [0.4, 0.5) is 11.5 Å². The van der Waals surface area contributed by atoms with Gasteiger partial charge in [-0.15, -0.1) is 0 Å². The molecule has 8 nitrogen and oxygen atoms in total. The van der Waals surface area contributed by atoms with Crippen molar-refractivity contribution in [3.63, 3.8) is 0 Å². The lowest BCUT2D eigenvalue weighted by Crippen LogP contribution is -2.29. The molecule has 0 radical (unpaired) electrons. The van der Waals surface area contributed by atoms with Gasteiger partial charge < -0.3 is 24.4 Å². The van der Waals surface area contributed by atoms with E-state index in [9.17, 15) is 4.79 Å². The fraction of sp³-hybridized carbons (Fsp3) is 0.207. The molecule has 3 aromatic carbocycles. The SMILES string of the molecule is C=CC(=O)N1CCC(Oc2cc3c(Nc4cc(-c5ccccc5)ccc4OC)ncnc3cc2OC)C1. The first-order valence-corrected chi connectivity index (χ1v) is 12.0. The first-order valence-electron chi connectivity index (χ1n) is 12.0. The monoisotopic (exact) mass is 496 g/mol. The molecule has 1 amide bonds. The summed E-state index contributed by atoms with van der Waals surface area (Å²) in [7, 11) is 3.23. The molecule has 1 N–H and O–H groups in total. The summed E-state index contributed by atoms with van der Waals surface area (Å²) in [5, 5.41) is 4.19. The molecule has 0 bridgehead atoms. The third-order valence-electron chi connectivity index (χ3n) is 6.41. The van der Waals surface area contributed by atoms with Crippen molar-refractivity contribution in [1.29, 1.82) is 0 Å². The number of aromatic nitrogens is 2. The number of hydrogen-bond donors (Lipinski definition) is 1. The maximum Gasteiger partial charge on any atom is 0.246 e. The van der Waals surface area contributed by atoms with Crippen LogP contribution in [0.3, 0.4) is 0 Å². The number of nitrogens with one attached hydrogen (secondary N) is 1. The van der Waals surface area contributed by atoms with E-state index in [2.05, 4.69) is 34.0 Å². The third-order valence-corrected chi connectivity index (χ3v) is 6.41. The molecule has 1 aromatic heterocycles. The van der Waals surface area contributed by atoms with Gasteiger partial charge in [0.1, 0.15) is 24.0 Å². The number of hydrogen-bond acceptors (Lipinski definition) is 7. The Kier molecular flexibility index (Phi) is 6.89. The van der Waals surface area contributed by atoms with Crippen molar-refractivity contribution in [1.82, 2.24) is 14.9 Å². The van der Waals surface area contributed by atoms with Crippen molar-refractivity contribution in [2.75, 3.05) is 32.6 Å². The normalized spacial score (nSPS) is 14.9. The van der Waals surface area contributed by atoms with Gasteiger partial charge >= 0.3 is 0 Å². The van der Waals surface area contributed by atoms with Crippen LogP contribution in [0, 0.1) is 0 Å². The number of amides is 1. The highest BCUT2D eigenvalue weighted by Crippen LogP contribution is 2.38. The maximum atomic E-state index is 12.0. The number of ether oxygens (including phenoxy) is 3. The fourth-order valence-corrected chi connectivity index (χ4v) is 4.49. The predicted molar refractivity (Wildman–Crippen MR) is 144 cm³/mol. The van der Waals surface area contributed by atoms with Gasteiger partial charge in [-0.2, -0.15) is 0 Å². The molecule has 0 aliphatic carbocycles. The number of fused-ring (bicyclic) bond motifs is 1. The molecular weight excluding hydrogens is 468 g/mol. The summed E-state index contributed by atoms with van der Waals surface area (Å²) in [6.45, 7) is 4.69. The highest BCUT2D eigenvalue weighted by atomic mass is 16.5. The predicted octanol–water partition coefficient (Wildman–Crippen LogP) is 5.22. The summed E-state index contributed by atoms with van der Waals surface area (Å²) in [6.07, 6.45) is 3.41. The summed E-state index contributed by atoms with van der Waals surface area (Å²) in [5.41, 5.74) is 3.63. The number of rotatable bonds is 8. The zero-order chi connectivity index (χ0) is 25.8. The van der Waals surface area contributed by atoms with Crippen LogP contribution in [-0.4, -0.2) is 54.2 Å². The Hall–Kier alpha value is -4.59. The molecule has 1 atom stereocenters. The average Bonchev–Trinajstić information content (AvgIpc) is 3.41. The van der Waals surface area contributed by atoms with Gasteiger partial charge in [-0.3, -0.25) is 4.79 Å². The smallest absolute Gasteiger partial charge is 0.246 e. The summed E-state index contributed by atoms with van der Waals surface area (Å²) >= 11 is 0. The molecule has 0 spiro atoms. The molecule has 1 aliphatic heterocycles. The molecular formula is C29H28N4O4. The Labute approximate surface area is 215 Å². The van der Waals surface area contributed by atoms with Crippen LogP contribution < -0.4 is 19.5 Å². The van der Waals surface area contributed by atoms with Crippen LogP contribution in [0.1, 0.15) is 6.42 Å². The van der Waals surface area contributed by atoms with E-state index in [1.807, 2.05) is 48.5 Å². The molecule has 188 valence electrons. The second kappa shape index (κ2) is 10.6. The number of benzene rings is 3. The summed E-state index contributed by atoms with van der Waals surface area (Å²) < 4.78 is 17.5. The Morgan fingerprint density at radius 2 is 1.81 bits per heavy atom. The molecule has 1 unspecified atom stereocenters. The minimum atomic E-state index is -0.154. The van der Waals surface area contributed by atoms with Crippen LogP contribution >= 0.6 is 0 Å². The molecule has 2 heterocycles. The molecule has 5 rings (SSSR count). The summed E-state index contributed by atoms with van der Waals surface area (Å²) in [6, 6.07) is 19.8. The molecule has 4 aromatic rings. The van der Waals surface area contributed by atoms with Crippen LogP contribution in [0.25, 0.3) is 22.0 Å². The zero-order valence-corrected chi connectivity index (χ0v) is 20.8. The van der Waals surface area contributed by atoms with E-state index in [1.165, 1.54) is 12.4 Å². The van der Waals surface area contributed by atoms with Crippen LogP contribution in [-0.2, 0) is 4.79 Å². The van der Waals surface area contributed by atoms with Crippen molar-refractivity contribution < 1.29 is 19.0 Å². The number of likely N-dealkylation sites (tertiary alicyclic amines) is 1. The van der Waals surface area contributed by atoms with E-state index >= 15 is 0 Å². The Morgan fingerprint density at radius 3 is 2.57 bits per heavy atom. The maximum absolute atomic E-state index is 12.0. The molecule has 1 fully saturated rings. The van der Waals surface area contributed by atoms with Gasteiger partial charge in [-0.1, -0.05) is 43.0 Å².